The first-order valence-corrected chi connectivity index (χ1v) is 39.9. The minimum absolute atomic E-state index is 0.00862. The average Bonchev–Trinajstić information content (AvgIpc) is 0.820. The molecule has 0 aromatic heterocycles. The zero-order chi connectivity index (χ0) is 78.4. The Morgan fingerprint density at radius 2 is 0.718 bits per heavy atom. The minimum atomic E-state index is -4.39. The van der Waals surface area contributed by atoms with Crippen LogP contribution in [0.1, 0.15) is 147 Å². The standard InChI is InChI=1S/C34H53N3.C29H33F3N4O.C29H35F3N4/c1-33(2,3)29-16-12-27(13-17-29)20-21-35-26-32(28-14-18-30(19-15-28)34(4,5)6)37-24-22-36(23-25-37)31-10-8-7-9-11-31;1-34(2)25-14-10-23(11-15-25)27(36-18-16-35(17-19-36)26-6-4-3-5-7-26)21-33-28(37)20-22-8-12-24(13-9-22)29(30,31)32;1-34(2)26-14-8-23(9-15-26)16-17-33-22-28(24-10-12-25(13-11-24)29(30,31)32)36-20-18-35(19-21-36)27-6-4-3-5-7-27/h12-19,31-32,35H,7-11,20-26H2,1-6H3;3-15,27H,16-21H2,1-2H3,(H,33,37);3-15,28,33H,16-22H2,1-2H3. The van der Waals surface area contributed by atoms with Gasteiger partial charge in [-0.15, -0.1) is 0 Å². The highest BCUT2D eigenvalue weighted by Gasteiger charge is 2.34. The van der Waals surface area contributed by atoms with Gasteiger partial charge in [0.1, 0.15) is 0 Å². The molecule has 3 heterocycles. The Balaban J connectivity index is 0.000000176. The van der Waals surface area contributed by atoms with E-state index in [1.54, 1.807) is 12.1 Å². The van der Waals surface area contributed by atoms with Crippen molar-refractivity contribution in [3.8, 4) is 0 Å². The third-order valence-corrected chi connectivity index (χ3v) is 22.5. The van der Waals surface area contributed by atoms with Gasteiger partial charge in [-0.2, -0.15) is 26.3 Å². The first kappa shape index (κ1) is 84.2. The van der Waals surface area contributed by atoms with E-state index in [2.05, 4.69) is 213 Å². The van der Waals surface area contributed by atoms with Gasteiger partial charge in [0.05, 0.1) is 23.6 Å². The summed E-state index contributed by atoms with van der Waals surface area (Å²) in [6.45, 7) is 29.5. The lowest BCUT2D eigenvalue weighted by Gasteiger charge is -2.43. The van der Waals surface area contributed by atoms with Crippen LogP contribution in [0.25, 0.3) is 0 Å². The number of piperazine rings is 3. The number of hydrogen-bond acceptors (Lipinski definition) is 11. The lowest BCUT2D eigenvalue weighted by Crippen LogP contribution is -2.52. The first-order chi connectivity index (χ1) is 52.6. The van der Waals surface area contributed by atoms with Crippen LogP contribution in [-0.2, 0) is 47.2 Å². The number of benzene rings is 8. The predicted octanol–water partition coefficient (Wildman–Crippen LogP) is 17.6. The molecule has 0 bridgehead atoms. The van der Waals surface area contributed by atoms with Gasteiger partial charge in [-0.3, -0.25) is 24.4 Å². The molecule has 3 unspecified atom stereocenters. The SMILES string of the molecule is CC(C)(C)c1ccc(CCNCC(c2ccc(C(C)(C)C)cc2)N2CCN(C3CCCCC3)CC2)cc1.CN(C)c1ccc(C(CNC(=O)Cc2ccc(C(F)(F)F)cc2)N2CCN(c3ccccc3)CC2)cc1.CN(C)c1ccc(CCNCC(c2ccc(C(F)(F)F)cc2)N2CCN(c3ccccc3)CC2)cc1. The molecule has 110 heavy (non-hydrogen) atoms. The fourth-order valence-electron chi connectivity index (χ4n) is 15.5. The summed E-state index contributed by atoms with van der Waals surface area (Å²) < 4.78 is 77.9. The second kappa shape index (κ2) is 39.8. The van der Waals surface area contributed by atoms with Crippen LogP contribution < -0.4 is 35.6 Å². The lowest BCUT2D eigenvalue weighted by molar-refractivity contribution is -0.138. The van der Waals surface area contributed by atoms with Crippen LogP contribution in [0.3, 0.4) is 0 Å². The summed E-state index contributed by atoms with van der Waals surface area (Å²) in [5, 5.41) is 10.4. The Bertz CT molecular complexity index is 3970. The Morgan fingerprint density at radius 3 is 1.10 bits per heavy atom. The molecule has 12 nitrogen and oxygen atoms in total. The number of anilines is 4. The van der Waals surface area contributed by atoms with Crippen LogP contribution in [0.4, 0.5) is 49.1 Å². The number of amides is 1. The highest BCUT2D eigenvalue weighted by Crippen LogP contribution is 2.35. The van der Waals surface area contributed by atoms with Crippen molar-refractivity contribution in [1.82, 2.24) is 35.6 Å². The molecule has 4 fully saturated rings. The third kappa shape index (κ3) is 25.1. The fourth-order valence-corrected chi connectivity index (χ4v) is 15.5. The smallest absolute Gasteiger partial charge is 0.378 e. The van der Waals surface area contributed by atoms with Crippen molar-refractivity contribution < 1.29 is 31.1 Å². The van der Waals surface area contributed by atoms with E-state index >= 15 is 0 Å². The van der Waals surface area contributed by atoms with E-state index in [9.17, 15) is 31.1 Å². The van der Waals surface area contributed by atoms with E-state index in [0.717, 1.165) is 120 Å². The summed E-state index contributed by atoms with van der Waals surface area (Å²) in [6.07, 6.45) is 0.418. The van der Waals surface area contributed by atoms with Gasteiger partial charge in [0, 0.05) is 167 Å². The van der Waals surface area contributed by atoms with Crippen molar-refractivity contribution >= 4 is 28.7 Å². The molecule has 18 heteroatoms. The molecule has 0 spiro atoms. The molecule has 3 saturated heterocycles. The molecule has 1 amide bonds. The van der Waals surface area contributed by atoms with E-state index in [1.807, 2.05) is 69.5 Å². The molecule has 1 saturated carbocycles. The summed E-state index contributed by atoms with van der Waals surface area (Å²) in [5.41, 5.74) is 13.3. The van der Waals surface area contributed by atoms with Crippen molar-refractivity contribution in [2.45, 2.75) is 140 Å². The molecule has 0 radical (unpaired) electrons. The van der Waals surface area contributed by atoms with Crippen molar-refractivity contribution in [1.29, 1.82) is 0 Å². The molecular weight excluding hydrogens is 1390 g/mol. The van der Waals surface area contributed by atoms with Crippen LogP contribution in [0, 0.1) is 0 Å². The second-order valence-electron chi connectivity index (χ2n) is 32.7. The van der Waals surface area contributed by atoms with E-state index < -0.39 is 23.5 Å². The Labute approximate surface area is 653 Å². The number of hydrogen-bond donors (Lipinski definition) is 3. The topological polar surface area (TPSA) is 79.1 Å². The first-order valence-electron chi connectivity index (χ1n) is 39.9. The summed E-state index contributed by atoms with van der Waals surface area (Å²) in [5.74, 6) is -0.211. The van der Waals surface area contributed by atoms with Crippen molar-refractivity contribution in [2.75, 3.05) is 159 Å². The van der Waals surface area contributed by atoms with Gasteiger partial charge in [-0.05, 0) is 167 Å². The highest BCUT2D eigenvalue weighted by molar-refractivity contribution is 5.78. The van der Waals surface area contributed by atoms with Crippen LogP contribution in [-0.4, -0.2) is 171 Å². The van der Waals surface area contributed by atoms with Gasteiger partial charge in [0.25, 0.3) is 0 Å². The van der Waals surface area contributed by atoms with Gasteiger partial charge in [-0.25, -0.2) is 0 Å². The van der Waals surface area contributed by atoms with Crippen molar-refractivity contribution in [2.24, 2.45) is 0 Å². The number of nitrogens with one attached hydrogen (secondary N) is 3. The molecular formula is C92H121F6N11O. The summed E-state index contributed by atoms with van der Waals surface area (Å²) in [6, 6.07) is 68.1. The van der Waals surface area contributed by atoms with Gasteiger partial charge in [0.15, 0.2) is 0 Å². The molecule has 12 rings (SSSR count). The van der Waals surface area contributed by atoms with Crippen LogP contribution in [0.5, 0.6) is 0 Å². The fraction of sp³-hybridized carbons (Fsp3) is 0.467. The normalized spacial score (nSPS) is 16.9. The maximum Gasteiger partial charge on any atom is 0.416 e. The highest BCUT2D eigenvalue weighted by atomic mass is 19.4. The van der Waals surface area contributed by atoms with Gasteiger partial charge < -0.3 is 35.6 Å². The zero-order valence-corrected chi connectivity index (χ0v) is 66.9. The molecule has 3 atom stereocenters. The molecule has 8 aromatic carbocycles. The van der Waals surface area contributed by atoms with E-state index in [0.29, 0.717) is 24.7 Å². The number of alkyl halides is 6. The van der Waals surface area contributed by atoms with Crippen LogP contribution in [0.2, 0.25) is 0 Å². The number of nitrogens with zero attached hydrogens (tertiary/aromatic N) is 8. The molecule has 3 N–H and O–H groups in total. The van der Waals surface area contributed by atoms with Crippen LogP contribution >= 0.6 is 0 Å². The number of para-hydroxylation sites is 2. The number of carbonyl (C=O) groups is 1. The Hall–Kier alpha value is -8.23. The Morgan fingerprint density at radius 1 is 0.391 bits per heavy atom. The largest absolute Gasteiger partial charge is 0.416 e. The van der Waals surface area contributed by atoms with Gasteiger partial charge >= 0.3 is 12.4 Å². The molecule has 3 aliphatic heterocycles. The van der Waals surface area contributed by atoms with Crippen molar-refractivity contribution in [3.63, 3.8) is 0 Å². The third-order valence-electron chi connectivity index (χ3n) is 22.5. The maximum atomic E-state index is 13.1. The lowest BCUT2D eigenvalue weighted by atomic mass is 9.86. The van der Waals surface area contributed by atoms with Gasteiger partial charge in [0.2, 0.25) is 5.91 Å². The molecule has 4 aliphatic rings. The van der Waals surface area contributed by atoms with Crippen LogP contribution in [0.15, 0.2) is 206 Å². The van der Waals surface area contributed by atoms with E-state index in [-0.39, 0.29) is 35.2 Å². The maximum absolute atomic E-state index is 13.1. The Kier molecular flexibility index (Phi) is 30.5. The average molecular weight is 1510 g/mol. The monoisotopic (exact) mass is 1510 g/mol. The molecule has 592 valence electrons. The summed E-state index contributed by atoms with van der Waals surface area (Å²) in [7, 11) is 8.04. The predicted molar refractivity (Wildman–Crippen MR) is 443 cm³/mol. The molecule has 1 aliphatic carbocycles. The number of halogens is 6. The number of rotatable bonds is 25. The summed E-state index contributed by atoms with van der Waals surface area (Å²) >= 11 is 0. The van der Waals surface area contributed by atoms with Gasteiger partial charge in [-0.1, -0.05) is 194 Å². The van der Waals surface area contributed by atoms with E-state index in [4.69, 9.17) is 0 Å². The number of carbonyl (C=O) groups excluding carboxylic acids is 1. The van der Waals surface area contributed by atoms with E-state index in [1.165, 1.54) is 127 Å². The quantitative estimate of drug-likeness (QED) is 0.0378. The van der Waals surface area contributed by atoms with Crippen molar-refractivity contribution in [3.05, 3.63) is 262 Å². The minimum Gasteiger partial charge on any atom is -0.378 e. The molecule has 8 aromatic rings. The second-order valence-corrected chi connectivity index (χ2v) is 32.7. The summed E-state index contributed by atoms with van der Waals surface area (Å²) in [4.78, 5) is 31.9. The zero-order valence-electron chi connectivity index (χ0n) is 66.9.